The molecule has 0 bridgehead atoms. The monoisotopic (exact) mass is 524 g/mol. The predicted molar refractivity (Wildman–Crippen MR) is 151 cm³/mol. The average molecular weight is 525 g/mol. The number of ether oxygens (including phenoxy) is 1. The molecule has 0 spiro atoms. The zero-order valence-electron chi connectivity index (χ0n) is 20.3. The number of ketones is 2. The van der Waals surface area contributed by atoms with Gasteiger partial charge in [0.25, 0.3) is 0 Å². The van der Waals surface area contributed by atoms with Crippen molar-refractivity contribution in [2.45, 2.75) is 5.92 Å². The molecule has 8 rings (SSSR count). The Bertz CT molecular complexity index is 2100. The van der Waals surface area contributed by atoms with E-state index in [2.05, 4.69) is 0 Å². The van der Waals surface area contributed by atoms with Crippen LogP contribution in [0, 0.1) is 0 Å². The predicted octanol–water partition coefficient (Wildman–Crippen LogP) is 7.45. The molecular weight excluding hydrogens is 508 g/mol. The van der Waals surface area contributed by atoms with Crippen LogP contribution in [0.3, 0.4) is 0 Å². The molecule has 1 aromatic heterocycles. The summed E-state index contributed by atoms with van der Waals surface area (Å²) in [5.41, 5.74) is 5.38. The van der Waals surface area contributed by atoms with Crippen LogP contribution >= 0.6 is 11.6 Å². The summed E-state index contributed by atoms with van der Waals surface area (Å²) < 4.78 is 6.50. The van der Waals surface area contributed by atoms with Gasteiger partial charge in [-0.3, -0.25) is 9.59 Å². The smallest absolute Gasteiger partial charge is 0.229 e. The van der Waals surface area contributed by atoms with Crippen LogP contribution in [-0.2, 0) is 0 Å². The van der Waals surface area contributed by atoms with Crippen LogP contribution in [0.15, 0.2) is 108 Å². The first-order valence-corrected chi connectivity index (χ1v) is 12.9. The third-order valence-corrected chi connectivity index (χ3v) is 7.85. The van der Waals surface area contributed by atoms with Gasteiger partial charge in [-0.2, -0.15) is 0 Å². The molecule has 0 amide bonds. The van der Waals surface area contributed by atoms with Crippen LogP contribution in [0.25, 0.3) is 32.8 Å². The van der Waals surface area contributed by atoms with E-state index >= 15 is 0 Å². The van der Waals surface area contributed by atoms with Gasteiger partial charge in [0.05, 0.1) is 27.6 Å². The van der Waals surface area contributed by atoms with Crippen molar-refractivity contribution >= 4 is 56.0 Å². The maximum absolute atomic E-state index is 14.1. The number of carbonyl (C=O) groups is 2. The van der Waals surface area contributed by atoms with Crippen molar-refractivity contribution in [1.29, 1.82) is 0 Å². The van der Waals surface area contributed by atoms with E-state index in [1.54, 1.807) is 36.4 Å². The molecule has 184 valence electrons. The number of hydrogen-bond acceptors (Lipinski definition) is 5. The molecule has 5 nitrogen and oxygen atoms in total. The lowest BCUT2D eigenvalue weighted by molar-refractivity contribution is 0.0928. The normalized spacial score (nSPS) is 16.3. The number of Topliss-reactive ketones (excluding diaryl/α,β-unsaturated/α-hetero) is 2. The minimum absolute atomic E-state index is 0.0596. The van der Waals surface area contributed by atoms with Crippen molar-refractivity contribution in [2.24, 2.45) is 0 Å². The van der Waals surface area contributed by atoms with E-state index in [4.69, 9.17) is 26.3 Å². The molecular formula is C33H17ClN2O3. The molecule has 2 heterocycles. The maximum Gasteiger partial charge on any atom is 0.229 e. The van der Waals surface area contributed by atoms with Crippen molar-refractivity contribution in [2.75, 3.05) is 0 Å². The SMILES string of the molecule is O=C1C2=C(C(=O)c3ccccc31)C(c1ccc(Cl)cc1)c1c(c3ccccc3c3nc4ccccc4nc13)O2. The summed E-state index contributed by atoms with van der Waals surface area (Å²) >= 11 is 6.27. The second-order valence-corrected chi connectivity index (χ2v) is 10.2. The van der Waals surface area contributed by atoms with Gasteiger partial charge in [0.2, 0.25) is 5.78 Å². The fraction of sp³-hybridized carbons (Fsp3) is 0.0303. The van der Waals surface area contributed by atoms with Gasteiger partial charge in [0, 0.05) is 38.4 Å². The number of aromatic nitrogens is 2. The summed E-state index contributed by atoms with van der Waals surface area (Å²) in [7, 11) is 0. The van der Waals surface area contributed by atoms with Crippen LogP contribution in [0.4, 0.5) is 0 Å². The number of rotatable bonds is 1. The largest absolute Gasteiger partial charge is 0.452 e. The zero-order chi connectivity index (χ0) is 26.2. The summed E-state index contributed by atoms with van der Waals surface area (Å²) in [5, 5.41) is 2.23. The first-order valence-electron chi connectivity index (χ1n) is 12.6. The molecule has 6 aromatic rings. The quantitative estimate of drug-likeness (QED) is 0.165. The highest BCUT2D eigenvalue weighted by Gasteiger charge is 2.44. The number of allylic oxidation sites excluding steroid dienone is 2. The molecule has 0 N–H and O–H groups in total. The number of benzene rings is 5. The topological polar surface area (TPSA) is 69.2 Å². The fourth-order valence-electron chi connectivity index (χ4n) is 5.86. The lowest BCUT2D eigenvalue weighted by Gasteiger charge is -2.34. The van der Waals surface area contributed by atoms with Crippen LogP contribution in [0.1, 0.15) is 37.8 Å². The van der Waals surface area contributed by atoms with E-state index in [1.165, 1.54) is 0 Å². The number of carbonyl (C=O) groups excluding carboxylic acids is 2. The molecule has 0 fully saturated rings. The van der Waals surface area contributed by atoms with Crippen LogP contribution in [-0.4, -0.2) is 21.5 Å². The highest BCUT2D eigenvalue weighted by atomic mass is 35.5. The number of para-hydroxylation sites is 2. The number of fused-ring (bicyclic) bond motifs is 8. The summed E-state index contributed by atoms with van der Waals surface area (Å²) in [5.74, 6) is -0.584. The van der Waals surface area contributed by atoms with E-state index in [9.17, 15) is 9.59 Å². The molecule has 6 heteroatoms. The fourth-order valence-corrected chi connectivity index (χ4v) is 5.99. The van der Waals surface area contributed by atoms with Crippen molar-refractivity contribution in [3.63, 3.8) is 0 Å². The van der Waals surface area contributed by atoms with Crippen LogP contribution < -0.4 is 4.74 Å². The zero-order valence-corrected chi connectivity index (χ0v) is 21.1. The molecule has 5 aromatic carbocycles. The Labute approximate surface area is 227 Å². The first-order chi connectivity index (χ1) is 19.1. The molecule has 1 aliphatic heterocycles. The Morgan fingerprint density at radius 3 is 1.95 bits per heavy atom. The maximum atomic E-state index is 14.1. The van der Waals surface area contributed by atoms with Crippen molar-refractivity contribution in [1.82, 2.24) is 9.97 Å². The summed E-state index contributed by atoms with van der Waals surface area (Å²) in [6.45, 7) is 0. The molecule has 2 aliphatic rings. The molecule has 1 aliphatic carbocycles. The third-order valence-electron chi connectivity index (χ3n) is 7.59. The Morgan fingerprint density at radius 2 is 1.23 bits per heavy atom. The van der Waals surface area contributed by atoms with Gasteiger partial charge in [-0.25, -0.2) is 9.97 Å². The summed E-state index contributed by atoms with van der Waals surface area (Å²) in [4.78, 5) is 38.0. The Morgan fingerprint density at radius 1 is 0.641 bits per heavy atom. The molecule has 1 atom stereocenters. The van der Waals surface area contributed by atoms with Gasteiger partial charge in [-0.1, -0.05) is 84.4 Å². The van der Waals surface area contributed by atoms with Gasteiger partial charge in [-0.15, -0.1) is 0 Å². The molecule has 39 heavy (non-hydrogen) atoms. The van der Waals surface area contributed by atoms with Crippen molar-refractivity contribution < 1.29 is 14.3 Å². The van der Waals surface area contributed by atoms with Gasteiger partial charge in [0.1, 0.15) is 5.75 Å². The van der Waals surface area contributed by atoms with E-state index < -0.39 is 5.92 Å². The highest BCUT2D eigenvalue weighted by molar-refractivity contribution is 6.30. The number of hydrogen-bond donors (Lipinski definition) is 0. The molecule has 0 radical (unpaired) electrons. The van der Waals surface area contributed by atoms with E-state index in [-0.39, 0.29) is 17.3 Å². The minimum atomic E-state index is -0.617. The van der Waals surface area contributed by atoms with Gasteiger partial charge >= 0.3 is 0 Å². The van der Waals surface area contributed by atoms with E-state index in [0.717, 1.165) is 27.4 Å². The first kappa shape index (κ1) is 22.1. The number of halogens is 1. The summed E-state index contributed by atoms with van der Waals surface area (Å²) in [6, 6.07) is 29.8. The molecule has 0 saturated carbocycles. The third kappa shape index (κ3) is 3.08. The Balaban J connectivity index is 1.55. The second-order valence-electron chi connectivity index (χ2n) is 9.73. The van der Waals surface area contributed by atoms with Crippen molar-refractivity contribution in [3.05, 3.63) is 136 Å². The van der Waals surface area contributed by atoms with E-state index in [1.807, 2.05) is 60.7 Å². The van der Waals surface area contributed by atoms with Gasteiger partial charge < -0.3 is 4.74 Å². The lowest BCUT2D eigenvalue weighted by atomic mass is 9.74. The average Bonchev–Trinajstić information content (AvgIpc) is 2.98. The number of nitrogens with zero attached hydrogens (tertiary/aromatic N) is 2. The standard InChI is InChI=1S/C33H17ClN2O3/c34-18-15-13-17(14-16-18)25-26-29-28(35-23-11-5-6-12-24(23)36-29)19-7-1-4-10-22(19)32(26)39-33-27(25)30(37)20-8-2-3-9-21(20)31(33)38/h1-16,25H. The van der Waals surface area contributed by atoms with Crippen LogP contribution in [0.2, 0.25) is 5.02 Å². The Kier molecular flexibility index (Phi) is 4.58. The minimum Gasteiger partial charge on any atom is -0.452 e. The highest BCUT2D eigenvalue weighted by Crippen LogP contribution is 2.52. The lowest BCUT2D eigenvalue weighted by Crippen LogP contribution is -2.32. The van der Waals surface area contributed by atoms with Crippen LogP contribution in [0.5, 0.6) is 5.75 Å². The van der Waals surface area contributed by atoms with Crippen molar-refractivity contribution in [3.8, 4) is 5.75 Å². The molecule has 1 unspecified atom stereocenters. The molecule has 0 saturated heterocycles. The van der Waals surface area contributed by atoms with Gasteiger partial charge in [-0.05, 0) is 29.8 Å². The summed E-state index contributed by atoms with van der Waals surface area (Å²) in [6.07, 6.45) is 0. The Hall–Kier alpha value is -4.87. The second kappa shape index (κ2) is 8.06. The van der Waals surface area contributed by atoms with Gasteiger partial charge in [0.15, 0.2) is 11.5 Å². The van der Waals surface area contributed by atoms with E-state index in [0.29, 0.717) is 44.1 Å².